The Kier molecular flexibility index (Phi) is 5.69. The van der Waals surface area contributed by atoms with E-state index in [9.17, 15) is 14.4 Å². The molecule has 4 fully saturated rings. The Hall–Kier alpha value is -3.39. The van der Waals surface area contributed by atoms with Crippen LogP contribution in [-0.4, -0.2) is 49.2 Å². The van der Waals surface area contributed by atoms with Gasteiger partial charge in [-0.05, 0) is 55.5 Å². The van der Waals surface area contributed by atoms with Gasteiger partial charge in [-0.3, -0.25) is 14.4 Å². The lowest BCUT2D eigenvalue weighted by atomic mass is 9.40. The standard InChI is InChI=1S/C33H37NO7/c1-17-20(18-11-12-39-16-18)13-21-26(17)32(3)22(14-25(36)38-5)31(2)24(35)15-23(34-19-9-7-6-8-10-19)33(4)28(31)27(29(32)40-21)41-30(33)37/h6-12,16,20-23,27-29,34H,13-15H2,1-5H3/t20-,21+,22?,23?,27-,28?,29-,31+,32-,33-/m1/s1. The van der Waals surface area contributed by atoms with Gasteiger partial charge in [0.2, 0.25) is 0 Å². The number of benzene rings is 1. The number of carbonyl (C=O) groups is 3. The average molecular weight is 560 g/mol. The summed E-state index contributed by atoms with van der Waals surface area (Å²) >= 11 is 0. The number of nitrogens with one attached hydrogen (secondary N) is 1. The summed E-state index contributed by atoms with van der Waals surface area (Å²) < 4.78 is 23.8. The predicted molar refractivity (Wildman–Crippen MR) is 149 cm³/mol. The second-order valence-electron chi connectivity index (χ2n) is 13.2. The first-order valence-corrected chi connectivity index (χ1v) is 14.6. The smallest absolute Gasteiger partial charge is 0.314 e. The first-order valence-electron chi connectivity index (χ1n) is 14.6. The van der Waals surface area contributed by atoms with E-state index in [1.807, 2.05) is 50.2 Å². The van der Waals surface area contributed by atoms with Gasteiger partial charge in [-0.1, -0.05) is 37.6 Å². The van der Waals surface area contributed by atoms with Crippen molar-refractivity contribution in [3.8, 4) is 0 Å². The zero-order valence-electron chi connectivity index (χ0n) is 24.1. The number of fused-ring (bicyclic) bond motifs is 4. The number of para-hydroxylation sites is 1. The van der Waals surface area contributed by atoms with Gasteiger partial charge in [0.25, 0.3) is 0 Å². The van der Waals surface area contributed by atoms with Crippen LogP contribution in [0.2, 0.25) is 0 Å². The minimum atomic E-state index is -1.01. The second kappa shape index (κ2) is 8.81. The summed E-state index contributed by atoms with van der Waals surface area (Å²) in [4.78, 5) is 41.6. The van der Waals surface area contributed by atoms with E-state index in [2.05, 4.69) is 19.2 Å². The predicted octanol–water partition coefficient (Wildman–Crippen LogP) is 5.06. The molecule has 1 N–H and O–H groups in total. The fraction of sp³-hybridized carbons (Fsp3) is 0.545. The van der Waals surface area contributed by atoms with E-state index in [1.54, 1.807) is 12.5 Å². The van der Waals surface area contributed by atoms with Crippen molar-refractivity contribution < 1.29 is 33.0 Å². The van der Waals surface area contributed by atoms with Crippen molar-refractivity contribution in [2.75, 3.05) is 12.4 Å². The van der Waals surface area contributed by atoms with Gasteiger partial charge in [0.15, 0.2) is 0 Å². The Morgan fingerprint density at radius 1 is 1.07 bits per heavy atom. The Morgan fingerprint density at radius 2 is 1.83 bits per heavy atom. The lowest BCUT2D eigenvalue weighted by Crippen LogP contribution is -2.70. The first kappa shape index (κ1) is 26.5. The van der Waals surface area contributed by atoms with Gasteiger partial charge < -0.3 is 23.9 Å². The summed E-state index contributed by atoms with van der Waals surface area (Å²) in [6.07, 6.45) is 3.10. The van der Waals surface area contributed by atoms with Gasteiger partial charge in [-0.15, -0.1) is 0 Å². The van der Waals surface area contributed by atoms with Gasteiger partial charge >= 0.3 is 11.9 Å². The third-order valence-electron chi connectivity index (χ3n) is 11.6. The van der Waals surface area contributed by atoms with Crippen molar-refractivity contribution in [2.45, 2.75) is 77.2 Å². The number of methoxy groups -OCH3 is 1. The highest BCUT2D eigenvalue weighted by molar-refractivity contribution is 5.94. The molecule has 1 aromatic heterocycles. The van der Waals surface area contributed by atoms with Gasteiger partial charge in [0.05, 0.1) is 37.6 Å². The average Bonchev–Trinajstić information content (AvgIpc) is 3.71. The number of ketones is 1. The van der Waals surface area contributed by atoms with Crippen LogP contribution < -0.4 is 5.32 Å². The number of furan rings is 1. The van der Waals surface area contributed by atoms with Crippen LogP contribution in [0.1, 0.15) is 58.4 Å². The first-order chi connectivity index (χ1) is 19.6. The highest BCUT2D eigenvalue weighted by atomic mass is 16.6. The summed E-state index contributed by atoms with van der Waals surface area (Å²) in [7, 11) is 1.38. The molecule has 8 heteroatoms. The van der Waals surface area contributed by atoms with E-state index < -0.39 is 46.3 Å². The monoisotopic (exact) mass is 559 g/mol. The van der Waals surface area contributed by atoms with Crippen LogP contribution in [0, 0.1) is 28.1 Å². The Morgan fingerprint density at radius 3 is 2.51 bits per heavy atom. The van der Waals surface area contributed by atoms with Gasteiger partial charge in [0.1, 0.15) is 18.0 Å². The SMILES string of the molecule is COC(=O)CC1[C@@]2(C)C(=O)CC(Nc3ccccc3)[C@@]3(C)C(=O)O[C@H](C23)[C@H]2O[C@H]3C[C@@H](c4ccoc4)C(C)=C3[C@@]12C. The number of ether oxygens (including phenoxy) is 3. The number of esters is 2. The van der Waals surface area contributed by atoms with E-state index in [4.69, 9.17) is 18.6 Å². The molecule has 0 bridgehead atoms. The summed E-state index contributed by atoms with van der Waals surface area (Å²) in [5.74, 6) is -1.44. The molecule has 2 saturated carbocycles. The van der Waals surface area contributed by atoms with Crippen LogP contribution in [0.5, 0.6) is 0 Å². The van der Waals surface area contributed by atoms with Crippen molar-refractivity contribution in [3.05, 3.63) is 65.6 Å². The topological polar surface area (TPSA) is 104 Å². The van der Waals surface area contributed by atoms with Gasteiger partial charge in [-0.2, -0.15) is 0 Å². The molecule has 1 aromatic carbocycles. The van der Waals surface area contributed by atoms with Crippen molar-refractivity contribution in [1.29, 1.82) is 0 Å². The third-order valence-corrected chi connectivity index (χ3v) is 11.6. The maximum Gasteiger partial charge on any atom is 0.314 e. The zero-order chi connectivity index (χ0) is 28.9. The van der Waals surface area contributed by atoms with Gasteiger partial charge in [-0.25, -0.2) is 0 Å². The number of hydrogen-bond donors (Lipinski definition) is 1. The number of carbonyl (C=O) groups excluding carboxylic acids is 3. The van der Waals surface area contributed by atoms with Crippen LogP contribution in [-0.2, 0) is 28.6 Å². The van der Waals surface area contributed by atoms with E-state index >= 15 is 0 Å². The fourth-order valence-electron chi connectivity index (χ4n) is 9.76. The van der Waals surface area contributed by atoms with Crippen LogP contribution in [0.25, 0.3) is 0 Å². The molecule has 3 unspecified atom stereocenters. The molecule has 0 spiro atoms. The largest absolute Gasteiger partial charge is 0.472 e. The summed E-state index contributed by atoms with van der Waals surface area (Å²) in [6, 6.07) is 11.2. The number of Topliss-reactive ketones (excluding diaryl/α,β-unsaturated/α-hetero) is 1. The second-order valence-corrected chi connectivity index (χ2v) is 13.2. The number of allylic oxidation sites excluding steroid dienone is 1. The Balaban J connectivity index is 1.38. The number of rotatable bonds is 5. The molecule has 2 aliphatic heterocycles. The van der Waals surface area contributed by atoms with E-state index in [0.29, 0.717) is 0 Å². The normalized spacial score (nSPS) is 42.4. The van der Waals surface area contributed by atoms with Crippen LogP contribution in [0.4, 0.5) is 5.69 Å². The molecule has 3 aliphatic carbocycles. The van der Waals surface area contributed by atoms with E-state index in [0.717, 1.165) is 23.2 Å². The number of anilines is 1. The van der Waals surface area contributed by atoms with Crippen molar-refractivity contribution in [2.24, 2.45) is 28.1 Å². The molecule has 5 aliphatic rings. The van der Waals surface area contributed by atoms with Crippen LogP contribution >= 0.6 is 0 Å². The highest BCUT2D eigenvalue weighted by Gasteiger charge is 2.80. The summed E-state index contributed by atoms with van der Waals surface area (Å²) in [6.45, 7) is 8.14. The van der Waals surface area contributed by atoms with Crippen molar-refractivity contribution >= 4 is 23.4 Å². The van der Waals surface area contributed by atoms with Crippen LogP contribution in [0.15, 0.2) is 64.5 Å². The molecule has 3 heterocycles. The quantitative estimate of drug-likeness (QED) is 0.401. The lowest BCUT2D eigenvalue weighted by molar-refractivity contribution is -0.198. The summed E-state index contributed by atoms with van der Waals surface area (Å²) in [5.41, 5.74) is 1.51. The van der Waals surface area contributed by atoms with Gasteiger partial charge in [0, 0.05) is 40.8 Å². The molecule has 7 rings (SSSR count). The zero-order valence-corrected chi connectivity index (χ0v) is 24.1. The molecular formula is C33H37NO7. The van der Waals surface area contributed by atoms with Crippen LogP contribution in [0.3, 0.4) is 0 Å². The maximum atomic E-state index is 14.5. The Labute approximate surface area is 239 Å². The molecule has 10 atom stereocenters. The molecule has 8 nitrogen and oxygen atoms in total. The minimum absolute atomic E-state index is 0.0383. The maximum absolute atomic E-state index is 14.5. The molecule has 0 radical (unpaired) electrons. The molecule has 2 aromatic rings. The fourth-order valence-corrected chi connectivity index (χ4v) is 9.76. The molecule has 216 valence electrons. The minimum Gasteiger partial charge on any atom is -0.472 e. The summed E-state index contributed by atoms with van der Waals surface area (Å²) in [5, 5.41) is 3.49. The molecule has 41 heavy (non-hydrogen) atoms. The Bertz CT molecular complexity index is 1450. The lowest BCUT2D eigenvalue weighted by Gasteiger charge is -2.61. The highest BCUT2D eigenvalue weighted by Crippen LogP contribution is 2.73. The van der Waals surface area contributed by atoms with E-state index in [1.165, 1.54) is 12.7 Å². The number of hydrogen-bond acceptors (Lipinski definition) is 8. The molecule has 0 amide bonds. The van der Waals surface area contributed by atoms with E-state index in [-0.39, 0.29) is 42.6 Å². The van der Waals surface area contributed by atoms with Crippen molar-refractivity contribution in [1.82, 2.24) is 0 Å². The molecule has 2 saturated heterocycles. The third kappa shape index (κ3) is 3.28. The van der Waals surface area contributed by atoms with Crippen molar-refractivity contribution in [3.63, 3.8) is 0 Å². The molecular weight excluding hydrogens is 522 g/mol.